The molecule has 0 aromatic heterocycles. The fraction of sp³-hybridized carbons (Fsp3) is 0.333. The van der Waals surface area contributed by atoms with Gasteiger partial charge in [0.15, 0.2) is 6.10 Å². The van der Waals surface area contributed by atoms with Crippen LogP contribution in [0.3, 0.4) is 0 Å². The fourth-order valence-corrected chi connectivity index (χ4v) is 1.28. The van der Waals surface area contributed by atoms with E-state index in [1.807, 2.05) is 0 Å². The van der Waals surface area contributed by atoms with E-state index >= 15 is 0 Å². The molecule has 0 aliphatic heterocycles. The highest BCUT2D eigenvalue weighted by atomic mass is 19.4. The Morgan fingerprint density at radius 1 is 1.25 bits per heavy atom. The molecular formula is C12H13F3O. The van der Waals surface area contributed by atoms with E-state index in [1.54, 1.807) is 18.2 Å². The first-order chi connectivity index (χ1) is 7.55. The molecule has 0 aliphatic carbocycles. The second-order valence-corrected chi connectivity index (χ2v) is 3.28. The SMILES string of the molecule is C=CCCOC(c1ccccc1)C(F)(F)F. The summed E-state index contributed by atoms with van der Waals surface area (Å²) in [7, 11) is 0. The van der Waals surface area contributed by atoms with Gasteiger partial charge in [0.1, 0.15) is 0 Å². The van der Waals surface area contributed by atoms with Crippen molar-refractivity contribution in [3.63, 3.8) is 0 Å². The van der Waals surface area contributed by atoms with Crippen molar-refractivity contribution < 1.29 is 17.9 Å². The lowest BCUT2D eigenvalue weighted by Crippen LogP contribution is -2.23. The van der Waals surface area contributed by atoms with Crippen LogP contribution in [-0.2, 0) is 4.74 Å². The first kappa shape index (κ1) is 12.8. The minimum atomic E-state index is -4.39. The summed E-state index contributed by atoms with van der Waals surface area (Å²) < 4.78 is 42.9. The van der Waals surface area contributed by atoms with E-state index in [2.05, 4.69) is 6.58 Å². The Hall–Kier alpha value is -1.29. The molecule has 4 heteroatoms. The van der Waals surface area contributed by atoms with E-state index < -0.39 is 12.3 Å². The number of alkyl halides is 3. The third kappa shape index (κ3) is 3.70. The van der Waals surface area contributed by atoms with Gasteiger partial charge in [0.25, 0.3) is 0 Å². The smallest absolute Gasteiger partial charge is 0.364 e. The van der Waals surface area contributed by atoms with Crippen molar-refractivity contribution in [2.75, 3.05) is 6.61 Å². The quantitative estimate of drug-likeness (QED) is 0.551. The number of hydrogen-bond acceptors (Lipinski definition) is 1. The molecule has 0 aliphatic rings. The highest BCUT2D eigenvalue weighted by Crippen LogP contribution is 2.35. The second kappa shape index (κ2) is 5.70. The van der Waals surface area contributed by atoms with Gasteiger partial charge in [-0.15, -0.1) is 6.58 Å². The Labute approximate surface area is 92.5 Å². The zero-order valence-corrected chi connectivity index (χ0v) is 8.70. The van der Waals surface area contributed by atoms with E-state index in [9.17, 15) is 13.2 Å². The minimum Gasteiger partial charge on any atom is -0.364 e. The molecule has 1 rings (SSSR count). The zero-order chi connectivity index (χ0) is 12.0. The van der Waals surface area contributed by atoms with Crippen LogP contribution in [0.2, 0.25) is 0 Å². The van der Waals surface area contributed by atoms with Crippen LogP contribution in [0, 0.1) is 0 Å². The maximum Gasteiger partial charge on any atom is 0.418 e. The van der Waals surface area contributed by atoms with Crippen molar-refractivity contribution in [3.05, 3.63) is 48.6 Å². The molecule has 1 aromatic rings. The van der Waals surface area contributed by atoms with Crippen molar-refractivity contribution in [2.45, 2.75) is 18.7 Å². The molecule has 1 aromatic carbocycles. The van der Waals surface area contributed by atoms with Gasteiger partial charge in [0.2, 0.25) is 0 Å². The van der Waals surface area contributed by atoms with Crippen molar-refractivity contribution in [1.29, 1.82) is 0 Å². The third-order valence-electron chi connectivity index (χ3n) is 2.01. The summed E-state index contributed by atoms with van der Waals surface area (Å²) >= 11 is 0. The molecule has 0 amide bonds. The Balaban J connectivity index is 2.76. The number of benzene rings is 1. The number of rotatable bonds is 5. The molecule has 1 nitrogen and oxygen atoms in total. The van der Waals surface area contributed by atoms with Crippen LogP contribution in [0.5, 0.6) is 0 Å². The molecule has 1 unspecified atom stereocenters. The molecule has 0 saturated carbocycles. The summed E-state index contributed by atoms with van der Waals surface area (Å²) in [6.07, 6.45) is -4.31. The van der Waals surface area contributed by atoms with Crippen molar-refractivity contribution in [3.8, 4) is 0 Å². The highest BCUT2D eigenvalue weighted by Gasteiger charge is 2.41. The third-order valence-corrected chi connectivity index (χ3v) is 2.01. The van der Waals surface area contributed by atoms with Gasteiger partial charge in [-0.3, -0.25) is 0 Å². The summed E-state index contributed by atoms with van der Waals surface area (Å²) in [5, 5.41) is 0. The molecule has 0 N–H and O–H groups in total. The molecule has 1 atom stereocenters. The first-order valence-corrected chi connectivity index (χ1v) is 4.90. The van der Waals surface area contributed by atoms with Crippen LogP contribution >= 0.6 is 0 Å². The Kier molecular flexibility index (Phi) is 4.55. The van der Waals surface area contributed by atoms with Crippen LogP contribution in [0.4, 0.5) is 13.2 Å². The van der Waals surface area contributed by atoms with Crippen LogP contribution in [0.15, 0.2) is 43.0 Å². The molecule has 0 fully saturated rings. The highest BCUT2D eigenvalue weighted by molar-refractivity contribution is 5.18. The van der Waals surface area contributed by atoms with Crippen LogP contribution < -0.4 is 0 Å². The number of ether oxygens (including phenoxy) is 1. The van der Waals surface area contributed by atoms with E-state index in [1.165, 1.54) is 18.2 Å². The van der Waals surface area contributed by atoms with Gasteiger partial charge < -0.3 is 4.74 Å². The molecule has 16 heavy (non-hydrogen) atoms. The minimum absolute atomic E-state index is 0.0164. The average Bonchev–Trinajstić information content (AvgIpc) is 2.24. The molecule has 0 spiro atoms. The average molecular weight is 230 g/mol. The predicted molar refractivity (Wildman–Crippen MR) is 56.0 cm³/mol. The number of halogens is 3. The summed E-state index contributed by atoms with van der Waals surface area (Å²) in [6, 6.07) is 7.61. The van der Waals surface area contributed by atoms with Gasteiger partial charge in [-0.05, 0) is 12.0 Å². The van der Waals surface area contributed by atoms with Gasteiger partial charge in [-0.1, -0.05) is 36.4 Å². The maximum absolute atomic E-state index is 12.7. The van der Waals surface area contributed by atoms with Crippen LogP contribution in [0.1, 0.15) is 18.1 Å². The standard InChI is InChI=1S/C12H13F3O/c1-2-3-9-16-11(12(13,14)15)10-7-5-4-6-8-10/h2,4-8,11H,1,3,9H2. The summed E-state index contributed by atoms with van der Waals surface area (Å²) in [5.41, 5.74) is 0.124. The topological polar surface area (TPSA) is 9.23 Å². The Morgan fingerprint density at radius 2 is 1.88 bits per heavy atom. The van der Waals surface area contributed by atoms with E-state index in [4.69, 9.17) is 4.74 Å². The number of hydrogen-bond donors (Lipinski definition) is 0. The largest absolute Gasteiger partial charge is 0.418 e. The predicted octanol–water partition coefficient (Wildman–Crippen LogP) is 3.88. The normalized spacial score (nSPS) is 13.4. The van der Waals surface area contributed by atoms with Gasteiger partial charge in [0, 0.05) is 0 Å². The van der Waals surface area contributed by atoms with Crippen molar-refractivity contribution >= 4 is 0 Å². The fourth-order valence-electron chi connectivity index (χ4n) is 1.28. The lowest BCUT2D eigenvalue weighted by Gasteiger charge is -2.20. The monoisotopic (exact) mass is 230 g/mol. The van der Waals surface area contributed by atoms with Gasteiger partial charge in [0.05, 0.1) is 6.61 Å². The van der Waals surface area contributed by atoms with Gasteiger partial charge in [-0.2, -0.15) is 13.2 Å². The summed E-state index contributed by atoms with van der Waals surface area (Å²) in [5.74, 6) is 0. The summed E-state index contributed by atoms with van der Waals surface area (Å²) in [4.78, 5) is 0. The summed E-state index contributed by atoms with van der Waals surface area (Å²) in [6.45, 7) is 3.45. The molecule has 0 bridgehead atoms. The maximum atomic E-state index is 12.7. The van der Waals surface area contributed by atoms with Crippen LogP contribution in [0.25, 0.3) is 0 Å². The second-order valence-electron chi connectivity index (χ2n) is 3.28. The zero-order valence-electron chi connectivity index (χ0n) is 8.70. The first-order valence-electron chi connectivity index (χ1n) is 4.90. The van der Waals surface area contributed by atoms with Gasteiger partial charge >= 0.3 is 6.18 Å². The van der Waals surface area contributed by atoms with E-state index in [0.29, 0.717) is 6.42 Å². The molecular weight excluding hydrogens is 217 g/mol. The Bertz CT molecular complexity index is 319. The van der Waals surface area contributed by atoms with Gasteiger partial charge in [-0.25, -0.2) is 0 Å². The van der Waals surface area contributed by atoms with E-state index in [-0.39, 0.29) is 12.2 Å². The molecule has 88 valence electrons. The van der Waals surface area contributed by atoms with Crippen LogP contribution in [-0.4, -0.2) is 12.8 Å². The molecule has 0 saturated heterocycles. The van der Waals surface area contributed by atoms with Crippen molar-refractivity contribution in [1.82, 2.24) is 0 Å². The van der Waals surface area contributed by atoms with E-state index in [0.717, 1.165) is 0 Å². The Morgan fingerprint density at radius 3 is 2.38 bits per heavy atom. The lowest BCUT2D eigenvalue weighted by atomic mass is 10.1. The molecule has 0 heterocycles. The van der Waals surface area contributed by atoms with Crippen molar-refractivity contribution in [2.24, 2.45) is 0 Å². The lowest BCUT2D eigenvalue weighted by molar-refractivity contribution is -0.223. The molecule has 0 radical (unpaired) electrons.